The van der Waals surface area contributed by atoms with Crippen LogP contribution in [0.3, 0.4) is 0 Å². The van der Waals surface area contributed by atoms with E-state index < -0.39 is 5.60 Å². The zero-order chi connectivity index (χ0) is 11.6. The molecule has 0 fully saturated rings. The second-order valence-corrected chi connectivity index (χ2v) is 4.29. The Morgan fingerprint density at radius 2 is 1.88 bits per heavy atom. The van der Waals surface area contributed by atoms with Gasteiger partial charge in [0.1, 0.15) is 5.52 Å². The lowest BCUT2D eigenvalue weighted by molar-refractivity contribution is 0.0943. The van der Waals surface area contributed by atoms with Gasteiger partial charge in [0.15, 0.2) is 0 Å². The first-order chi connectivity index (χ1) is 7.54. The summed E-state index contributed by atoms with van der Waals surface area (Å²) in [6.45, 7) is 3.82. The minimum atomic E-state index is -0.797. The first-order valence-electron chi connectivity index (χ1n) is 5.10. The number of nitrogens with one attached hydrogen (secondary N) is 1. The van der Waals surface area contributed by atoms with Crippen molar-refractivity contribution < 1.29 is 5.11 Å². The van der Waals surface area contributed by atoms with Gasteiger partial charge in [-0.25, -0.2) is 4.98 Å². The lowest BCUT2D eigenvalue weighted by Gasteiger charge is -2.17. The van der Waals surface area contributed by atoms with E-state index in [-0.39, 0.29) is 0 Å². The Morgan fingerprint density at radius 1 is 1.19 bits per heavy atom. The number of aliphatic hydroxyl groups is 1. The van der Waals surface area contributed by atoms with Crippen LogP contribution in [0.5, 0.6) is 0 Å². The lowest BCUT2D eigenvalue weighted by atomic mass is 10.1. The van der Waals surface area contributed by atoms with Crippen LogP contribution in [-0.2, 0) is 0 Å². The van der Waals surface area contributed by atoms with Gasteiger partial charge < -0.3 is 10.4 Å². The largest absolute Gasteiger partial charge is 0.389 e. The molecule has 2 aromatic rings. The predicted molar refractivity (Wildman–Crippen MR) is 62.1 cm³/mol. The Labute approximate surface area is 93.5 Å². The summed E-state index contributed by atoms with van der Waals surface area (Å²) in [6.07, 6.45) is 0. The van der Waals surface area contributed by atoms with Crippen LogP contribution in [0.1, 0.15) is 13.8 Å². The van der Waals surface area contributed by atoms with Crippen molar-refractivity contribution in [3.8, 4) is 0 Å². The van der Waals surface area contributed by atoms with Gasteiger partial charge in [-0.1, -0.05) is 12.1 Å². The predicted octanol–water partition coefficient (Wildman–Crippen LogP) is 1.21. The molecule has 16 heavy (non-hydrogen) atoms. The summed E-state index contributed by atoms with van der Waals surface area (Å²) >= 11 is 0. The Balaban J connectivity index is 2.20. The molecule has 1 heterocycles. The van der Waals surface area contributed by atoms with Gasteiger partial charge in [0.05, 0.1) is 11.1 Å². The van der Waals surface area contributed by atoms with E-state index >= 15 is 0 Å². The zero-order valence-corrected chi connectivity index (χ0v) is 9.31. The van der Waals surface area contributed by atoms with Crippen LogP contribution in [0.15, 0.2) is 24.3 Å². The van der Waals surface area contributed by atoms with E-state index in [4.69, 9.17) is 0 Å². The molecule has 0 spiro atoms. The van der Waals surface area contributed by atoms with Crippen LogP contribution in [0.2, 0.25) is 0 Å². The molecule has 2 rings (SSSR count). The summed E-state index contributed by atoms with van der Waals surface area (Å²) in [7, 11) is 0. The molecule has 5 nitrogen and oxygen atoms in total. The molecule has 0 radical (unpaired) electrons. The fraction of sp³-hybridized carbons (Fsp3) is 0.364. The van der Waals surface area contributed by atoms with Crippen LogP contribution in [0.25, 0.3) is 11.0 Å². The number of fused-ring (bicyclic) bond motifs is 1. The summed E-state index contributed by atoms with van der Waals surface area (Å²) in [5.41, 5.74) is 0.752. The van der Waals surface area contributed by atoms with Crippen LogP contribution < -0.4 is 5.32 Å². The number of benzene rings is 1. The van der Waals surface area contributed by atoms with E-state index in [1.807, 2.05) is 24.3 Å². The molecule has 0 atom stereocenters. The van der Waals surface area contributed by atoms with Gasteiger partial charge >= 0.3 is 0 Å². The Kier molecular flexibility index (Phi) is 2.70. The quantitative estimate of drug-likeness (QED) is 0.810. The molecule has 0 aliphatic heterocycles. The maximum atomic E-state index is 9.55. The van der Waals surface area contributed by atoms with E-state index in [1.165, 1.54) is 0 Å². The van der Waals surface area contributed by atoms with Gasteiger partial charge in [0, 0.05) is 6.54 Å². The van der Waals surface area contributed by atoms with Crippen LogP contribution in [-0.4, -0.2) is 32.4 Å². The van der Waals surface area contributed by atoms with Gasteiger partial charge in [-0.3, -0.25) is 0 Å². The summed E-state index contributed by atoms with van der Waals surface area (Å²) in [5, 5.41) is 20.4. The smallest absolute Gasteiger partial charge is 0.243 e. The number of hydrogen-bond donors (Lipinski definition) is 2. The van der Waals surface area contributed by atoms with Crippen LogP contribution >= 0.6 is 0 Å². The molecule has 0 amide bonds. The van der Waals surface area contributed by atoms with Gasteiger partial charge in [-0.2, -0.15) is 0 Å². The van der Waals surface area contributed by atoms with E-state index in [2.05, 4.69) is 20.5 Å². The molecule has 5 heteroatoms. The highest BCUT2D eigenvalue weighted by atomic mass is 16.3. The average molecular weight is 218 g/mol. The first-order valence-corrected chi connectivity index (χ1v) is 5.10. The highest BCUT2D eigenvalue weighted by Crippen LogP contribution is 2.09. The summed E-state index contributed by atoms with van der Waals surface area (Å²) in [4.78, 5) is 4.28. The SMILES string of the molecule is CC(C)(O)CNc1nnc2ccccc2n1. The fourth-order valence-corrected chi connectivity index (χ4v) is 1.25. The van der Waals surface area contributed by atoms with Gasteiger partial charge in [-0.15, -0.1) is 10.2 Å². The standard InChI is InChI=1S/C11H14N4O/c1-11(2,16)7-12-10-13-8-5-3-4-6-9(8)14-15-10/h3-6,16H,7H2,1-2H3,(H,12,13,15). The van der Waals surface area contributed by atoms with Crippen molar-refractivity contribution in [2.24, 2.45) is 0 Å². The molecular weight excluding hydrogens is 204 g/mol. The van der Waals surface area contributed by atoms with Gasteiger partial charge in [0.2, 0.25) is 5.95 Å². The van der Waals surface area contributed by atoms with Crippen molar-refractivity contribution in [3.63, 3.8) is 0 Å². The number of aromatic nitrogens is 3. The molecule has 0 bridgehead atoms. The molecule has 1 aromatic carbocycles. The van der Waals surface area contributed by atoms with E-state index in [0.29, 0.717) is 12.5 Å². The van der Waals surface area contributed by atoms with Crippen molar-refractivity contribution in [3.05, 3.63) is 24.3 Å². The third-order valence-electron chi connectivity index (χ3n) is 2.04. The fourth-order valence-electron chi connectivity index (χ4n) is 1.25. The van der Waals surface area contributed by atoms with Crippen LogP contribution in [0, 0.1) is 0 Å². The Morgan fingerprint density at radius 3 is 2.56 bits per heavy atom. The van der Waals surface area contributed by atoms with E-state index in [1.54, 1.807) is 13.8 Å². The van der Waals surface area contributed by atoms with Crippen molar-refractivity contribution in [1.82, 2.24) is 15.2 Å². The second-order valence-electron chi connectivity index (χ2n) is 4.29. The highest BCUT2D eigenvalue weighted by molar-refractivity contribution is 5.73. The van der Waals surface area contributed by atoms with Gasteiger partial charge in [-0.05, 0) is 26.0 Å². The summed E-state index contributed by atoms with van der Waals surface area (Å²) < 4.78 is 0. The highest BCUT2D eigenvalue weighted by Gasteiger charge is 2.12. The average Bonchev–Trinajstić information content (AvgIpc) is 2.25. The van der Waals surface area contributed by atoms with Crippen molar-refractivity contribution in [1.29, 1.82) is 0 Å². The molecule has 0 aliphatic carbocycles. The number of nitrogens with zero attached hydrogens (tertiary/aromatic N) is 3. The molecule has 1 aromatic heterocycles. The van der Waals surface area contributed by atoms with Crippen LogP contribution in [0.4, 0.5) is 5.95 Å². The minimum Gasteiger partial charge on any atom is -0.389 e. The lowest BCUT2D eigenvalue weighted by Crippen LogP contribution is -2.30. The third kappa shape index (κ3) is 2.64. The molecule has 2 N–H and O–H groups in total. The zero-order valence-electron chi connectivity index (χ0n) is 9.31. The molecular formula is C11H14N4O. The monoisotopic (exact) mass is 218 g/mol. The van der Waals surface area contributed by atoms with Crippen molar-refractivity contribution in [2.75, 3.05) is 11.9 Å². The maximum Gasteiger partial charge on any atom is 0.243 e. The minimum absolute atomic E-state index is 0.382. The molecule has 0 aliphatic rings. The van der Waals surface area contributed by atoms with E-state index in [9.17, 15) is 5.11 Å². The van der Waals surface area contributed by atoms with Crippen molar-refractivity contribution >= 4 is 17.0 Å². The molecule has 0 saturated carbocycles. The Hall–Kier alpha value is -1.75. The first kappa shape index (κ1) is 10.8. The third-order valence-corrected chi connectivity index (χ3v) is 2.04. The summed E-state index contributed by atoms with van der Waals surface area (Å²) in [6, 6.07) is 7.52. The Bertz CT molecular complexity index is 493. The van der Waals surface area contributed by atoms with Gasteiger partial charge in [0.25, 0.3) is 0 Å². The maximum absolute atomic E-state index is 9.55. The molecule has 84 valence electrons. The number of hydrogen-bond acceptors (Lipinski definition) is 5. The summed E-state index contributed by atoms with van der Waals surface area (Å²) in [5.74, 6) is 0.431. The number of anilines is 1. The molecule has 0 saturated heterocycles. The second kappa shape index (κ2) is 4.02. The number of rotatable bonds is 3. The molecule has 0 unspecified atom stereocenters. The van der Waals surface area contributed by atoms with Crippen molar-refractivity contribution in [2.45, 2.75) is 19.4 Å². The topological polar surface area (TPSA) is 70.9 Å². The van der Waals surface area contributed by atoms with E-state index in [0.717, 1.165) is 11.0 Å². The number of para-hydroxylation sites is 1. The normalized spacial score (nSPS) is 11.7.